The molecular formula is C18H25N5. The molecule has 23 heavy (non-hydrogen) atoms. The molecule has 1 aliphatic carbocycles. The number of hydrogen-bond donors (Lipinski definition) is 2. The van der Waals surface area contributed by atoms with Crippen molar-refractivity contribution < 1.29 is 0 Å². The van der Waals surface area contributed by atoms with Gasteiger partial charge >= 0.3 is 0 Å². The first kappa shape index (κ1) is 15.7. The fourth-order valence-corrected chi connectivity index (χ4v) is 3.01. The summed E-state index contributed by atoms with van der Waals surface area (Å²) in [5.41, 5.74) is 2.30. The molecule has 2 aromatic rings. The van der Waals surface area contributed by atoms with Crippen LogP contribution < -0.4 is 10.6 Å². The molecular weight excluding hydrogens is 286 g/mol. The summed E-state index contributed by atoms with van der Waals surface area (Å²) in [6.45, 7) is 2.15. The maximum absolute atomic E-state index is 4.54. The van der Waals surface area contributed by atoms with Crippen LogP contribution in [-0.4, -0.2) is 21.2 Å². The van der Waals surface area contributed by atoms with Crippen molar-refractivity contribution in [2.24, 2.45) is 0 Å². The molecule has 1 saturated carbocycles. The lowest BCUT2D eigenvalue weighted by Gasteiger charge is -2.16. The van der Waals surface area contributed by atoms with Gasteiger partial charge in [0.1, 0.15) is 0 Å². The third-order valence-corrected chi connectivity index (χ3v) is 4.38. The summed E-state index contributed by atoms with van der Waals surface area (Å²) in [7, 11) is 0. The highest BCUT2D eigenvalue weighted by Gasteiger charge is 2.13. The maximum atomic E-state index is 4.54. The molecule has 2 N–H and O–H groups in total. The number of nitrogens with one attached hydrogen (secondary N) is 2. The molecule has 1 aliphatic rings. The van der Waals surface area contributed by atoms with Crippen LogP contribution in [0.1, 0.15) is 51.0 Å². The van der Waals surface area contributed by atoms with Crippen molar-refractivity contribution in [2.45, 2.75) is 57.9 Å². The van der Waals surface area contributed by atoms with E-state index in [0.29, 0.717) is 12.0 Å². The van der Waals surface area contributed by atoms with E-state index in [-0.39, 0.29) is 0 Å². The molecule has 5 nitrogen and oxygen atoms in total. The van der Waals surface area contributed by atoms with E-state index in [2.05, 4.69) is 44.9 Å². The Labute approximate surface area is 137 Å². The highest BCUT2D eigenvalue weighted by molar-refractivity contribution is 5.54. The molecule has 122 valence electrons. The number of benzene rings is 1. The Morgan fingerprint density at radius 2 is 1.78 bits per heavy atom. The molecule has 0 atom stereocenters. The van der Waals surface area contributed by atoms with Gasteiger partial charge in [0.25, 0.3) is 0 Å². The van der Waals surface area contributed by atoms with Crippen LogP contribution >= 0.6 is 0 Å². The lowest BCUT2D eigenvalue weighted by molar-refractivity contribution is 0.617. The number of aryl methyl sites for hydroxylation is 1. The second kappa shape index (κ2) is 7.90. The predicted octanol–water partition coefficient (Wildman–Crippen LogP) is 4.31. The van der Waals surface area contributed by atoms with Crippen LogP contribution in [-0.2, 0) is 6.42 Å². The van der Waals surface area contributed by atoms with Crippen molar-refractivity contribution >= 4 is 17.5 Å². The van der Waals surface area contributed by atoms with E-state index in [9.17, 15) is 0 Å². The maximum Gasteiger partial charge on any atom is 0.249 e. The van der Waals surface area contributed by atoms with Gasteiger partial charge in [-0.1, -0.05) is 44.7 Å². The van der Waals surface area contributed by atoms with Gasteiger partial charge < -0.3 is 10.6 Å². The average molecular weight is 311 g/mol. The van der Waals surface area contributed by atoms with Crippen LogP contribution in [0.25, 0.3) is 0 Å². The van der Waals surface area contributed by atoms with E-state index < -0.39 is 0 Å². The van der Waals surface area contributed by atoms with Gasteiger partial charge in [0.05, 0.1) is 6.20 Å². The van der Waals surface area contributed by atoms with E-state index in [1.807, 2.05) is 12.1 Å². The number of anilines is 3. The zero-order valence-electron chi connectivity index (χ0n) is 13.8. The molecule has 0 unspecified atom stereocenters. The highest BCUT2D eigenvalue weighted by atomic mass is 15.3. The summed E-state index contributed by atoms with van der Waals surface area (Å²) < 4.78 is 0. The van der Waals surface area contributed by atoms with Crippen molar-refractivity contribution in [1.82, 2.24) is 15.2 Å². The van der Waals surface area contributed by atoms with Crippen molar-refractivity contribution in [2.75, 3.05) is 10.6 Å². The third kappa shape index (κ3) is 4.65. The SMILES string of the molecule is CCc1ccc(Nc2nncc(NC3CCCCCC3)n2)cc1. The lowest BCUT2D eigenvalue weighted by atomic mass is 10.1. The largest absolute Gasteiger partial charge is 0.366 e. The molecule has 5 heteroatoms. The second-order valence-electron chi connectivity index (χ2n) is 6.17. The molecule has 0 bridgehead atoms. The van der Waals surface area contributed by atoms with Crippen LogP contribution in [0, 0.1) is 0 Å². The number of rotatable bonds is 5. The van der Waals surface area contributed by atoms with Gasteiger partial charge in [-0.2, -0.15) is 10.1 Å². The van der Waals surface area contributed by atoms with Crippen LogP contribution in [0.15, 0.2) is 30.5 Å². The minimum atomic E-state index is 0.505. The molecule has 1 aromatic carbocycles. The second-order valence-corrected chi connectivity index (χ2v) is 6.17. The highest BCUT2D eigenvalue weighted by Crippen LogP contribution is 2.21. The summed E-state index contributed by atoms with van der Waals surface area (Å²) >= 11 is 0. The van der Waals surface area contributed by atoms with E-state index in [1.54, 1.807) is 6.20 Å². The molecule has 0 aliphatic heterocycles. The summed E-state index contributed by atoms with van der Waals surface area (Å²) in [5, 5.41) is 14.9. The standard InChI is InChI=1S/C18H25N5/c1-2-14-9-11-16(12-10-14)21-18-22-17(13-19-23-18)20-15-7-5-3-4-6-8-15/h9-13,15H,2-8H2,1H3,(H2,20,21,22,23). The monoisotopic (exact) mass is 311 g/mol. The first-order valence-corrected chi connectivity index (χ1v) is 8.65. The van der Waals surface area contributed by atoms with E-state index in [0.717, 1.165) is 17.9 Å². The molecule has 0 spiro atoms. The summed E-state index contributed by atoms with van der Waals surface area (Å²) in [6.07, 6.45) is 10.5. The molecule has 3 rings (SSSR count). The normalized spacial score (nSPS) is 15.9. The van der Waals surface area contributed by atoms with Gasteiger partial charge in [0.15, 0.2) is 5.82 Å². The summed E-state index contributed by atoms with van der Waals surface area (Å²) in [5.74, 6) is 1.34. The fraction of sp³-hybridized carbons (Fsp3) is 0.500. The van der Waals surface area contributed by atoms with Gasteiger partial charge in [-0.05, 0) is 37.0 Å². The number of aromatic nitrogens is 3. The minimum Gasteiger partial charge on any atom is -0.366 e. The molecule has 1 fully saturated rings. The van der Waals surface area contributed by atoms with Crippen molar-refractivity contribution in [3.8, 4) is 0 Å². The molecule has 0 radical (unpaired) electrons. The lowest BCUT2D eigenvalue weighted by Crippen LogP contribution is -2.19. The smallest absolute Gasteiger partial charge is 0.249 e. The average Bonchev–Trinajstić information content (AvgIpc) is 2.85. The van der Waals surface area contributed by atoms with Crippen molar-refractivity contribution in [3.63, 3.8) is 0 Å². The quantitative estimate of drug-likeness (QED) is 0.806. The Balaban J connectivity index is 1.64. The molecule has 1 heterocycles. The Morgan fingerprint density at radius 3 is 2.48 bits per heavy atom. The minimum absolute atomic E-state index is 0.505. The van der Waals surface area contributed by atoms with Gasteiger partial charge in [-0.15, -0.1) is 5.10 Å². The van der Waals surface area contributed by atoms with E-state index in [4.69, 9.17) is 0 Å². The van der Waals surface area contributed by atoms with Crippen LogP contribution in [0.2, 0.25) is 0 Å². The van der Waals surface area contributed by atoms with E-state index >= 15 is 0 Å². The first-order chi connectivity index (χ1) is 11.3. The number of nitrogens with zero attached hydrogens (tertiary/aromatic N) is 3. The predicted molar refractivity (Wildman–Crippen MR) is 94.0 cm³/mol. The Morgan fingerprint density at radius 1 is 1.04 bits per heavy atom. The van der Waals surface area contributed by atoms with Crippen molar-refractivity contribution in [1.29, 1.82) is 0 Å². The molecule has 0 saturated heterocycles. The van der Waals surface area contributed by atoms with Crippen LogP contribution in [0.4, 0.5) is 17.5 Å². The summed E-state index contributed by atoms with van der Waals surface area (Å²) in [6, 6.07) is 8.83. The molecule has 1 aromatic heterocycles. The van der Waals surface area contributed by atoms with Crippen LogP contribution in [0.5, 0.6) is 0 Å². The summed E-state index contributed by atoms with van der Waals surface area (Å²) in [4.78, 5) is 4.54. The topological polar surface area (TPSA) is 62.7 Å². The molecule has 0 amide bonds. The zero-order valence-corrected chi connectivity index (χ0v) is 13.8. The Hall–Kier alpha value is -2.17. The van der Waals surface area contributed by atoms with Gasteiger partial charge in [0, 0.05) is 11.7 Å². The van der Waals surface area contributed by atoms with Gasteiger partial charge in [-0.25, -0.2) is 0 Å². The Kier molecular flexibility index (Phi) is 5.40. The zero-order chi connectivity index (χ0) is 15.9. The van der Waals surface area contributed by atoms with Crippen LogP contribution in [0.3, 0.4) is 0 Å². The van der Waals surface area contributed by atoms with Gasteiger partial charge in [-0.3, -0.25) is 0 Å². The third-order valence-electron chi connectivity index (χ3n) is 4.38. The Bertz CT molecular complexity index is 603. The van der Waals surface area contributed by atoms with Crippen molar-refractivity contribution in [3.05, 3.63) is 36.0 Å². The fourth-order valence-electron chi connectivity index (χ4n) is 3.01. The first-order valence-electron chi connectivity index (χ1n) is 8.65. The number of hydrogen-bond acceptors (Lipinski definition) is 5. The van der Waals surface area contributed by atoms with Gasteiger partial charge in [0.2, 0.25) is 5.95 Å². The van der Waals surface area contributed by atoms with E-state index in [1.165, 1.54) is 44.1 Å².